The van der Waals surface area contributed by atoms with Crippen LogP contribution < -0.4 is 10.1 Å². The molecule has 1 N–H and O–H groups in total. The van der Waals surface area contributed by atoms with Crippen molar-refractivity contribution in [3.05, 3.63) is 70.4 Å². The number of carbonyl (C=O) groups excluding carboxylic acids is 1. The van der Waals surface area contributed by atoms with Gasteiger partial charge in [0, 0.05) is 6.42 Å². The topological polar surface area (TPSA) is 38.3 Å². The van der Waals surface area contributed by atoms with Crippen LogP contribution in [0.15, 0.2) is 53.4 Å². The molecule has 1 heterocycles. The summed E-state index contributed by atoms with van der Waals surface area (Å²) in [5.41, 5.74) is 1.93. The van der Waals surface area contributed by atoms with E-state index in [0.29, 0.717) is 22.3 Å². The largest absolute Gasteiger partial charge is 0.493 e. The molecule has 3 rings (SSSR count). The average Bonchev–Trinajstić information content (AvgIpc) is 2.88. The first-order valence-electron chi connectivity index (χ1n) is 7.32. The number of halogens is 1. The summed E-state index contributed by atoms with van der Waals surface area (Å²) in [4.78, 5) is 12.2. The second-order valence-corrected chi connectivity index (χ2v) is 6.87. The summed E-state index contributed by atoms with van der Waals surface area (Å²) in [5.74, 6) is 0.349. The standard InChI is InChI=1S/C18H14FNO2S2/c19-14-5-1-12(2-6-14)9-10-22-15-7-3-13(4-8-15)11-16-17(21)20-18(23)24-16/h1-8,11H,9-10H2,(H,20,21,23)/b16-11-. The van der Waals surface area contributed by atoms with Gasteiger partial charge in [-0.3, -0.25) is 4.79 Å². The van der Waals surface area contributed by atoms with Crippen LogP contribution in [0.1, 0.15) is 11.1 Å². The first-order chi connectivity index (χ1) is 11.6. The summed E-state index contributed by atoms with van der Waals surface area (Å²) in [7, 11) is 0. The molecule has 0 saturated carbocycles. The highest BCUT2D eigenvalue weighted by atomic mass is 32.2. The van der Waals surface area contributed by atoms with Crippen molar-refractivity contribution in [2.75, 3.05) is 6.61 Å². The van der Waals surface area contributed by atoms with Crippen LogP contribution in [-0.4, -0.2) is 16.8 Å². The third-order valence-corrected chi connectivity index (χ3v) is 4.56. The number of amides is 1. The van der Waals surface area contributed by atoms with Crippen LogP contribution in [0.3, 0.4) is 0 Å². The van der Waals surface area contributed by atoms with E-state index in [-0.39, 0.29) is 11.7 Å². The maximum absolute atomic E-state index is 12.8. The molecule has 1 saturated heterocycles. The molecule has 6 heteroatoms. The molecule has 0 bridgehead atoms. The number of nitrogens with one attached hydrogen (secondary N) is 1. The Morgan fingerprint density at radius 2 is 1.83 bits per heavy atom. The SMILES string of the molecule is O=C1NC(=S)S/C1=C\c1ccc(OCCc2ccc(F)cc2)cc1. The molecule has 0 unspecified atom stereocenters. The fourth-order valence-electron chi connectivity index (χ4n) is 2.17. The number of carbonyl (C=O) groups is 1. The van der Waals surface area contributed by atoms with Crippen molar-refractivity contribution in [1.82, 2.24) is 5.32 Å². The fourth-order valence-corrected chi connectivity index (χ4v) is 3.21. The van der Waals surface area contributed by atoms with Gasteiger partial charge in [-0.2, -0.15) is 0 Å². The predicted molar refractivity (Wildman–Crippen MR) is 98.3 cm³/mol. The molecular weight excluding hydrogens is 345 g/mol. The molecule has 122 valence electrons. The smallest absolute Gasteiger partial charge is 0.263 e. The summed E-state index contributed by atoms with van der Waals surface area (Å²) in [6.45, 7) is 0.512. The van der Waals surface area contributed by atoms with Gasteiger partial charge in [-0.1, -0.05) is 48.2 Å². The molecule has 1 fully saturated rings. The number of thioether (sulfide) groups is 1. The average molecular weight is 359 g/mol. The zero-order chi connectivity index (χ0) is 16.9. The summed E-state index contributed by atoms with van der Waals surface area (Å²) < 4.78 is 19.0. The number of benzene rings is 2. The minimum atomic E-state index is -0.237. The summed E-state index contributed by atoms with van der Waals surface area (Å²) in [6.07, 6.45) is 2.50. The quantitative estimate of drug-likeness (QED) is 0.648. The Hall–Kier alpha value is -2.18. The van der Waals surface area contributed by atoms with E-state index in [9.17, 15) is 9.18 Å². The molecule has 1 amide bonds. The Morgan fingerprint density at radius 1 is 1.12 bits per heavy atom. The number of ether oxygens (including phenoxy) is 1. The van der Waals surface area contributed by atoms with Gasteiger partial charge >= 0.3 is 0 Å². The first kappa shape index (κ1) is 16.7. The molecule has 0 aliphatic carbocycles. The molecule has 3 nitrogen and oxygen atoms in total. The van der Waals surface area contributed by atoms with E-state index in [2.05, 4.69) is 5.32 Å². The fraction of sp³-hybridized carbons (Fsp3) is 0.111. The minimum absolute atomic E-state index is 0.162. The van der Waals surface area contributed by atoms with Gasteiger partial charge in [-0.25, -0.2) is 4.39 Å². The van der Waals surface area contributed by atoms with E-state index >= 15 is 0 Å². The zero-order valence-electron chi connectivity index (χ0n) is 12.6. The van der Waals surface area contributed by atoms with E-state index in [1.165, 1.54) is 23.9 Å². The Bertz CT molecular complexity index is 786. The lowest BCUT2D eigenvalue weighted by molar-refractivity contribution is -0.115. The Balaban J connectivity index is 1.55. The number of hydrogen-bond acceptors (Lipinski definition) is 4. The van der Waals surface area contributed by atoms with Crippen LogP contribution >= 0.6 is 24.0 Å². The van der Waals surface area contributed by atoms with Crippen LogP contribution in [0, 0.1) is 5.82 Å². The van der Waals surface area contributed by atoms with E-state index in [1.54, 1.807) is 18.2 Å². The van der Waals surface area contributed by atoms with Crippen LogP contribution in [-0.2, 0) is 11.2 Å². The van der Waals surface area contributed by atoms with Gasteiger partial charge in [-0.05, 0) is 41.5 Å². The summed E-state index contributed by atoms with van der Waals surface area (Å²) in [5, 5.41) is 2.58. The van der Waals surface area contributed by atoms with Crippen molar-refractivity contribution in [3.8, 4) is 5.75 Å². The molecule has 0 aromatic heterocycles. The lowest BCUT2D eigenvalue weighted by atomic mass is 10.1. The van der Waals surface area contributed by atoms with Crippen molar-refractivity contribution in [3.63, 3.8) is 0 Å². The van der Waals surface area contributed by atoms with Gasteiger partial charge in [0.2, 0.25) is 0 Å². The van der Waals surface area contributed by atoms with Crippen molar-refractivity contribution in [1.29, 1.82) is 0 Å². The van der Waals surface area contributed by atoms with Crippen LogP contribution in [0.4, 0.5) is 4.39 Å². The molecular formula is C18H14FNO2S2. The Morgan fingerprint density at radius 3 is 2.46 bits per heavy atom. The lowest BCUT2D eigenvalue weighted by Crippen LogP contribution is -2.17. The van der Waals surface area contributed by atoms with Gasteiger partial charge in [0.1, 0.15) is 15.9 Å². The Labute approximate surface area is 148 Å². The van der Waals surface area contributed by atoms with Gasteiger partial charge in [0.25, 0.3) is 5.91 Å². The van der Waals surface area contributed by atoms with Crippen LogP contribution in [0.2, 0.25) is 0 Å². The monoisotopic (exact) mass is 359 g/mol. The minimum Gasteiger partial charge on any atom is -0.493 e. The normalized spacial score (nSPS) is 15.6. The maximum Gasteiger partial charge on any atom is 0.263 e. The number of hydrogen-bond donors (Lipinski definition) is 1. The molecule has 0 spiro atoms. The van der Waals surface area contributed by atoms with Crippen molar-refractivity contribution >= 4 is 40.3 Å². The van der Waals surface area contributed by atoms with E-state index in [0.717, 1.165) is 16.9 Å². The van der Waals surface area contributed by atoms with Crippen molar-refractivity contribution in [2.45, 2.75) is 6.42 Å². The molecule has 1 aliphatic rings. The molecule has 0 radical (unpaired) electrons. The highest BCUT2D eigenvalue weighted by Crippen LogP contribution is 2.26. The second-order valence-electron chi connectivity index (χ2n) is 5.15. The first-order valence-corrected chi connectivity index (χ1v) is 8.55. The van der Waals surface area contributed by atoms with Crippen molar-refractivity contribution in [2.24, 2.45) is 0 Å². The van der Waals surface area contributed by atoms with Gasteiger partial charge < -0.3 is 10.1 Å². The van der Waals surface area contributed by atoms with Crippen molar-refractivity contribution < 1.29 is 13.9 Å². The van der Waals surface area contributed by atoms with Crippen LogP contribution in [0.25, 0.3) is 6.08 Å². The third kappa shape index (κ3) is 4.43. The molecule has 1 aliphatic heterocycles. The van der Waals surface area contributed by atoms with Gasteiger partial charge in [0.05, 0.1) is 11.5 Å². The highest BCUT2D eigenvalue weighted by Gasteiger charge is 2.21. The van der Waals surface area contributed by atoms with Crippen LogP contribution in [0.5, 0.6) is 5.75 Å². The molecule has 2 aromatic rings. The third-order valence-electron chi connectivity index (χ3n) is 3.39. The van der Waals surface area contributed by atoms with E-state index in [4.69, 9.17) is 17.0 Å². The van der Waals surface area contributed by atoms with Gasteiger partial charge in [-0.15, -0.1) is 0 Å². The summed E-state index contributed by atoms with van der Waals surface area (Å²) >= 11 is 6.21. The predicted octanol–water partition coefficient (Wildman–Crippen LogP) is 3.94. The van der Waals surface area contributed by atoms with E-state index < -0.39 is 0 Å². The molecule has 0 atom stereocenters. The zero-order valence-corrected chi connectivity index (χ0v) is 14.3. The second kappa shape index (κ2) is 7.59. The highest BCUT2D eigenvalue weighted by molar-refractivity contribution is 8.26. The lowest BCUT2D eigenvalue weighted by Gasteiger charge is -2.06. The number of thiocarbonyl (C=S) groups is 1. The Kier molecular flexibility index (Phi) is 5.27. The van der Waals surface area contributed by atoms with E-state index in [1.807, 2.05) is 24.3 Å². The molecule has 2 aromatic carbocycles. The molecule has 24 heavy (non-hydrogen) atoms. The van der Waals surface area contributed by atoms with Gasteiger partial charge in [0.15, 0.2) is 0 Å². The summed E-state index contributed by atoms with van der Waals surface area (Å²) in [6, 6.07) is 13.9. The maximum atomic E-state index is 12.8. The number of rotatable bonds is 5.